The zero-order valence-electron chi connectivity index (χ0n) is 9.29. The molecule has 0 aliphatic carbocycles. The van der Waals surface area contributed by atoms with Crippen molar-refractivity contribution in [3.8, 4) is 5.75 Å². The Balaban J connectivity index is 2.14. The van der Waals surface area contributed by atoms with Gasteiger partial charge in [0.15, 0.2) is 11.6 Å². The van der Waals surface area contributed by atoms with E-state index in [2.05, 4.69) is 0 Å². The maximum absolute atomic E-state index is 13.5. The van der Waals surface area contributed by atoms with Crippen LogP contribution in [0.2, 0.25) is 5.02 Å². The Bertz CT molecular complexity index is 575. The molecule has 0 saturated heterocycles. The highest BCUT2D eigenvalue weighted by atomic mass is 35.5. The predicted octanol–water partition coefficient (Wildman–Crippen LogP) is 3.78. The van der Waals surface area contributed by atoms with Crippen LogP contribution in [-0.2, 0) is 6.61 Å². The van der Waals surface area contributed by atoms with Gasteiger partial charge in [0.2, 0.25) is 0 Å². The van der Waals surface area contributed by atoms with Crippen LogP contribution < -0.4 is 10.5 Å². The average molecular weight is 270 g/mol. The average Bonchev–Trinajstić information content (AvgIpc) is 2.33. The second-order valence-corrected chi connectivity index (χ2v) is 4.10. The summed E-state index contributed by atoms with van der Waals surface area (Å²) in [6.45, 7) is -0.104. The molecule has 0 unspecified atom stereocenters. The van der Waals surface area contributed by atoms with Gasteiger partial charge in [0, 0.05) is 17.3 Å². The summed E-state index contributed by atoms with van der Waals surface area (Å²) in [5.74, 6) is -1.13. The maximum Gasteiger partial charge on any atom is 0.167 e. The van der Waals surface area contributed by atoms with E-state index in [1.165, 1.54) is 24.3 Å². The number of hydrogen-bond acceptors (Lipinski definition) is 2. The third-order valence-corrected chi connectivity index (χ3v) is 2.66. The Hall–Kier alpha value is -1.81. The van der Waals surface area contributed by atoms with Gasteiger partial charge in [-0.3, -0.25) is 0 Å². The van der Waals surface area contributed by atoms with Gasteiger partial charge in [0.1, 0.15) is 12.4 Å². The second-order valence-electron chi connectivity index (χ2n) is 3.69. The van der Waals surface area contributed by atoms with Gasteiger partial charge in [-0.05, 0) is 18.2 Å². The molecule has 94 valence electrons. The second kappa shape index (κ2) is 5.23. The van der Waals surface area contributed by atoms with E-state index in [-0.39, 0.29) is 22.9 Å². The lowest BCUT2D eigenvalue weighted by Crippen LogP contribution is -2.00. The standard InChI is InChI=1S/C13H10ClF2NO/c14-10-3-1-2-8(13(10)16)7-18-12-5-4-9(17)6-11(12)15/h1-6H,7,17H2. The third kappa shape index (κ3) is 2.71. The Morgan fingerprint density at radius 1 is 1.17 bits per heavy atom. The van der Waals surface area contributed by atoms with Crippen molar-refractivity contribution in [1.82, 2.24) is 0 Å². The number of hydrogen-bond donors (Lipinski definition) is 1. The monoisotopic (exact) mass is 269 g/mol. The highest BCUT2D eigenvalue weighted by Gasteiger charge is 2.08. The van der Waals surface area contributed by atoms with Gasteiger partial charge in [-0.15, -0.1) is 0 Å². The first-order valence-corrected chi connectivity index (χ1v) is 5.56. The molecule has 0 aliphatic rings. The molecule has 0 radical (unpaired) electrons. The molecule has 2 aromatic rings. The first-order valence-electron chi connectivity index (χ1n) is 5.18. The molecule has 0 amide bonds. The minimum Gasteiger partial charge on any atom is -0.486 e. The Morgan fingerprint density at radius 3 is 2.67 bits per heavy atom. The van der Waals surface area contributed by atoms with Crippen molar-refractivity contribution in [3.63, 3.8) is 0 Å². The van der Waals surface area contributed by atoms with Crippen LogP contribution in [0, 0.1) is 11.6 Å². The van der Waals surface area contributed by atoms with E-state index in [1.54, 1.807) is 6.07 Å². The number of nitrogens with two attached hydrogens (primary N) is 1. The summed E-state index contributed by atoms with van der Waals surface area (Å²) in [4.78, 5) is 0. The van der Waals surface area contributed by atoms with E-state index in [0.717, 1.165) is 6.07 Å². The third-order valence-electron chi connectivity index (χ3n) is 2.37. The molecule has 2 N–H and O–H groups in total. The minimum absolute atomic E-state index is 0.00822. The van der Waals surface area contributed by atoms with Gasteiger partial charge in [0.05, 0.1) is 5.02 Å². The first-order chi connectivity index (χ1) is 8.58. The normalized spacial score (nSPS) is 10.4. The number of ether oxygens (including phenoxy) is 1. The summed E-state index contributed by atoms with van der Waals surface area (Å²) in [6.07, 6.45) is 0. The molecule has 2 nitrogen and oxygen atoms in total. The highest BCUT2D eigenvalue weighted by Crippen LogP contribution is 2.23. The Labute approximate surface area is 108 Å². The van der Waals surface area contributed by atoms with Crippen molar-refractivity contribution < 1.29 is 13.5 Å². The van der Waals surface area contributed by atoms with Crippen LogP contribution in [0.25, 0.3) is 0 Å². The lowest BCUT2D eigenvalue weighted by molar-refractivity contribution is 0.285. The molecule has 0 heterocycles. The zero-order chi connectivity index (χ0) is 13.1. The fourth-order valence-corrected chi connectivity index (χ4v) is 1.64. The van der Waals surface area contributed by atoms with Crippen LogP contribution in [0.1, 0.15) is 5.56 Å². The maximum atomic E-state index is 13.5. The van der Waals surface area contributed by atoms with E-state index < -0.39 is 11.6 Å². The molecule has 0 aliphatic heterocycles. The SMILES string of the molecule is Nc1ccc(OCc2cccc(Cl)c2F)c(F)c1. The Kier molecular flexibility index (Phi) is 3.67. The molecular weight excluding hydrogens is 260 g/mol. The van der Waals surface area contributed by atoms with E-state index in [9.17, 15) is 8.78 Å². The van der Waals surface area contributed by atoms with E-state index >= 15 is 0 Å². The number of anilines is 1. The largest absolute Gasteiger partial charge is 0.486 e. The molecule has 0 atom stereocenters. The minimum atomic E-state index is -0.586. The molecule has 2 rings (SSSR count). The number of rotatable bonds is 3. The number of halogens is 3. The molecule has 18 heavy (non-hydrogen) atoms. The summed E-state index contributed by atoms with van der Waals surface area (Å²) in [7, 11) is 0. The summed E-state index contributed by atoms with van der Waals surface area (Å²) >= 11 is 5.63. The molecule has 0 bridgehead atoms. The molecule has 0 spiro atoms. The molecule has 0 saturated carbocycles. The molecule has 2 aromatic carbocycles. The van der Waals surface area contributed by atoms with Crippen molar-refractivity contribution in [2.75, 3.05) is 5.73 Å². The van der Waals surface area contributed by atoms with E-state index in [1.807, 2.05) is 0 Å². The van der Waals surface area contributed by atoms with Gasteiger partial charge in [-0.1, -0.05) is 23.7 Å². The van der Waals surface area contributed by atoms with Gasteiger partial charge in [-0.2, -0.15) is 0 Å². The van der Waals surface area contributed by atoms with Crippen molar-refractivity contribution in [2.24, 2.45) is 0 Å². The van der Waals surface area contributed by atoms with Crippen LogP contribution in [-0.4, -0.2) is 0 Å². The fraction of sp³-hybridized carbons (Fsp3) is 0.0769. The number of nitrogen functional groups attached to an aromatic ring is 1. The lowest BCUT2D eigenvalue weighted by atomic mass is 10.2. The van der Waals surface area contributed by atoms with E-state index in [4.69, 9.17) is 22.1 Å². The lowest BCUT2D eigenvalue weighted by Gasteiger charge is -2.09. The number of benzene rings is 2. The fourth-order valence-electron chi connectivity index (χ4n) is 1.45. The summed E-state index contributed by atoms with van der Waals surface area (Å²) in [5, 5.41) is 0.00822. The van der Waals surface area contributed by atoms with Gasteiger partial charge in [0.25, 0.3) is 0 Å². The Morgan fingerprint density at radius 2 is 1.94 bits per heavy atom. The van der Waals surface area contributed by atoms with Crippen LogP contribution in [0.5, 0.6) is 5.75 Å². The summed E-state index contributed by atoms with van der Waals surface area (Å²) < 4.78 is 32.1. The van der Waals surface area contributed by atoms with Crippen LogP contribution in [0.4, 0.5) is 14.5 Å². The van der Waals surface area contributed by atoms with Gasteiger partial charge in [-0.25, -0.2) is 8.78 Å². The highest BCUT2D eigenvalue weighted by molar-refractivity contribution is 6.30. The summed E-state index contributed by atoms with van der Waals surface area (Å²) in [5.41, 5.74) is 5.97. The van der Waals surface area contributed by atoms with Crippen molar-refractivity contribution in [1.29, 1.82) is 0 Å². The topological polar surface area (TPSA) is 35.2 Å². The van der Waals surface area contributed by atoms with Gasteiger partial charge >= 0.3 is 0 Å². The van der Waals surface area contributed by atoms with Crippen molar-refractivity contribution >= 4 is 17.3 Å². The summed E-state index contributed by atoms with van der Waals surface area (Å²) in [6, 6.07) is 8.60. The quantitative estimate of drug-likeness (QED) is 0.861. The van der Waals surface area contributed by atoms with Crippen molar-refractivity contribution in [3.05, 3.63) is 58.6 Å². The predicted molar refractivity (Wildman–Crippen MR) is 66.6 cm³/mol. The smallest absolute Gasteiger partial charge is 0.167 e. The zero-order valence-corrected chi connectivity index (χ0v) is 10.0. The van der Waals surface area contributed by atoms with Crippen LogP contribution in [0.15, 0.2) is 36.4 Å². The van der Waals surface area contributed by atoms with E-state index in [0.29, 0.717) is 5.69 Å². The van der Waals surface area contributed by atoms with Crippen LogP contribution >= 0.6 is 11.6 Å². The molecule has 5 heteroatoms. The first kappa shape index (κ1) is 12.6. The van der Waals surface area contributed by atoms with Crippen molar-refractivity contribution in [2.45, 2.75) is 6.61 Å². The van der Waals surface area contributed by atoms with Crippen LogP contribution in [0.3, 0.4) is 0 Å². The van der Waals surface area contributed by atoms with Gasteiger partial charge < -0.3 is 10.5 Å². The molecule has 0 aromatic heterocycles. The molecule has 0 fully saturated rings. The molecular formula is C13H10ClF2NO.